The second-order valence-electron chi connectivity index (χ2n) is 8.40. The summed E-state index contributed by atoms with van der Waals surface area (Å²) in [6.07, 6.45) is -2.86. The Bertz CT molecular complexity index is 1450. The molecule has 3 aromatic rings. The number of benzene rings is 2. The molecule has 1 heterocycles. The SMILES string of the molecule is NCC(=O)NS(=O)(=O)N(CCCc1cccc(Cl)c1Cl)c1ccc(C(=O)NCc2ccc(C(F)(F)F)nc2)cc1. The summed E-state index contributed by atoms with van der Waals surface area (Å²) in [6.45, 7) is -0.676. The molecule has 4 N–H and O–H groups in total. The van der Waals surface area contributed by atoms with Gasteiger partial charge in [0.15, 0.2) is 0 Å². The quantitative estimate of drug-likeness (QED) is 0.297. The van der Waals surface area contributed by atoms with Gasteiger partial charge in [-0.2, -0.15) is 21.6 Å². The zero-order valence-corrected chi connectivity index (χ0v) is 23.0. The first-order valence-electron chi connectivity index (χ1n) is 11.7. The van der Waals surface area contributed by atoms with E-state index in [1.165, 1.54) is 30.3 Å². The number of halogens is 5. The summed E-state index contributed by atoms with van der Waals surface area (Å²) in [6, 6.07) is 12.6. The van der Waals surface area contributed by atoms with Crippen molar-refractivity contribution in [2.75, 3.05) is 17.4 Å². The normalized spacial score (nSPS) is 11.7. The van der Waals surface area contributed by atoms with Crippen LogP contribution in [0.1, 0.15) is 33.6 Å². The fourth-order valence-corrected chi connectivity index (χ4v) is 5.21. The molecule has 0 aliphatic heterocycles. The Hall–Kier alpha value is -3.39. The lowest BCUT2D eigenvalue weighted by Crippen LogP contribution is -2.46. The molecule has 0 saturated heterocycles. The number of pyridine rings is 1. The van der Waals surface area contributed by atoms with Crippen LogP contribution < -0.4 is 20.1 Å². The predicted molar refractivity (Wildman–Crippen MR) is 145 cm³/mol. The van der Waals surface area contributed by atoms with Crippen molar-refractivity contribution in [3.63, 3.8) is 0 Å². The fraction of sp³-hybridized carbons (Fsp3) is 0.240. The van der Waals surface area contributed by atoms with Crippen LogP contribution in [0, 0.1) is 0 Å². The first-order chi connectivity index (χ1) is 18.8. The number of aryl methyl sites for hydroxylation is 1. The number of nitrogens with zero attached hydrogens (tertiary/aromatic N) is 2. The molecule has 0 saturated carbocycles. The molecule has 0 unspecified atom stereocenters. The van der Waals surface area contributed by atoms with Crippen molar-refractivity contribution in [1.82, 2.24) is 15.0 Å². The van der Waals surface area contributed by atoms with Crippen LogP contribution in [0.2, 0.25) is 10.0 Å². The van der Waals surface area contributed by atoms with Gasteiger partial charge in [-0.05, 0) is 60.4 Å². The van der Waals surface area contributed by atoms with Gasteiger partial charge in [0, 0.05) is 24.8 Å². The molecule has 2 amide bonds. The van der Waals surface area contributed by atoms with Crippen LogP contribution in [0.5, 0.6) is 0 Å². The van der Waals surface area contributed by atoms with E-state index in [-0.39, 0.29) is 24.3 Å². The van der Waals surface area contributed by atoms with Crippen molar-refractivity contribution in [1.29, 1.82) is 0 Å². The number of carbonyl (C=O) groups excluding carboxylic acids is 2. The average Bonchev–Trinajstić information content (AvgIpc) is 2.91. The fourth-order valence-electron chi connectivity index (χ4n) is 3.54. The van der Waals surface area contributed by atoms with Crippen molar-refractivity contribution >= 4 is 50.9 Å². The molecule has 15 heteroatoms. The molecule has 0 atom stereocenters. The Morgan fingerprint density at radius 3 is 2.33 bits per heavy atom. The first-order valence-corrected chi connectivity index (χ1v) is 13.9. The lowest BCUT2D eigenvalue weighted by atomic mass is 10.1. The van der Waals surface area contributed by atoms with Gasteiger partial charge < -0.3 is 11.1 Å². The zero-order chi connectivity index (χ0) is 29.5. The number of carbonyl (C=O) groups is 2. The molecule has 9 nitrogen and oxygen atoms in total. The molecule has 3 rings (SSSR count). The molecule has 0 spiro atoms. The van der Waals surface area contributed by atoms with Gasteiger partial charge in [-0.15, -0.1) is 0 Å². The average molecular weight is 618 g/mol. The molecular weight excluding hydrogens is 594 g/mol. The summed E-state index contributed by atoms with van der Waals surface area (Å²) in [4.78, 5) is 27.7. The highest BCUT2D eigenvalue weighted by Gasteiger charge is 2.32. The molecule has 2 aromatic carbocycles. The van der Waals surface area contributed by atoms with E-state index < -0.39 is 40.4 Å². The van der Waals surface area contributed by atoms with E-state index >= 15 is 0 Å². The van der Waals surface area contributed by atoms with Crippen LogP contribution in [0.15, 0.2) is 60.8 Å². The van der Waals surface area contributed by atoms with Crippen LogP contribution in [0.3, 0.4) is 0 Å². The summed E-state index contributed by atoms with van der Waals surface area (Å²) in [5, 5.41) is 3.28. The minimum Gasteiger partial charge on any atom is -0.348 e. The van der Waals surface area contributed by atoms with Gasteiger partial charge in [0.25, 0.3) is 5.91 Å². The van der Waals surface area contributed by atoms with Gasteiger partial charge in [-0.25, -0.2) is 4.72 Å². The maximum Gasteiger partial charge on any atom is 0.433 e. The molecule has 0 radical (unpaired) electrons. The Morgan fingerprint density at radius 1 is 1.02 bits per heavy atom. The van der Waals surface area contributed by atoms with Gasteiger partial charge in [-0.1, -0.05) is 41.4 Å². The summed E-state index contributed by atoms with van der Waals surface area (Å²) >= 11 is 12.3. The van der Waals surface area contributed by atoms with Gasteiger partial charge in [0.05, 0.1) is 22.3 Å². The monoisotopic (exact) mass is 617 g/mol. The highest BCUT2D eigenvalue weighted by molar-refractivity contribution is 7.91. The van der Waals surface area contributed by atoms with E-state index in [0.29, 0.717) is 34.0 Å². The lowest BCUT2D eigenvalue weighted by Gasteiger charge is -2.24. The molecule has 0 bridgehead atoms. The number of amides is 2. The largest absolute Gasteiger partial charge is 0.433 e. The topological polar surface area (TPSA) is 134 Å². The summed E-state index contributed by atoms with van der Waals surface area (Å²) in [5.74, 6) is -1.45. The van der Waals surface area contributed by atoms with Crippen LogP contribution >= 0.6 is 23.2 Å². The molecule has 0 fully saturated rings. The molecule has 1 aromatic heterocycles. The van der Waals surface area contributed by atoms with Gasteiger partial charge in [0.1, 0.15) is 5.69 Å². The minimum absolute atomic E-state index is 0.0531. The van der Waals surface area contributed by atoms with Crippen molar-refractivity contribution in [3.8, 4) is 0 Å². The lowest BCUT2D eigenvalue weighted by molar-refractivity contribution is -0.141. The Balaban J connectivity index is 1.72. The summed E-state index contributed by atoms with van der Waals surface area (Å²) in [5.41, 5.74) is 5.61. The number of rotatable bonds is 11. The Kier molecular flexibility index (Phi) is 10.4. The number of nitrogens with one attached hydrogen (secondary N) is 2. The highest BCUT2D eigenvalue weighted by atomic mass is 35.5. The third-order valence-electron chi connectivity index (χ3n) is 5.54. The number of anilines is 1. The Morgan fingerprint density at radius 2 is 1.73 bits per heavy atom. The van der Waals surface area contributed by atoms with Crippen LogP contribution in [0.4, 0.5) is 18.9 Å². The number of nitrogens with two attached hydrogens (primary N) is 1. The van der Waals surface area contributed by atoms with Gasteiger partial charge in [-0.3, -0.25) is 18.9 Å². The van der Waals surface area contributed by atoms with E-state index in [4.69, 9.17) is 28.9 Å². The highest BCUT2D eigenvalue weighted by Crippen LogP contribution is 2.28. The maximum atomic E-state index is 13.0. The third-order valence-corrected chi connectivity index (χ3v) is 7.86. The van der Waals surface area contributed by atoms with Crippen LogP contribution in [0.25, 0.3) is 0 Å². The zero-order valence-electron chi connectivity index (χ0n) is 20.7. The minimum atomic E-state index is -4.57. The molecule has 0 aliphatic rings. The van der Waals surface area contributed by atoms with Gasteiger partial charge >= 0.3 is 16.4 Å². The van der Waals surface area contributed by atoms with Crippen molar-refractivity contribution in [2.24, 2.45) is 5.73 Å². The molecule has 0 aliphatic carbocycles. The third kappa shape index (κ3) is 8.31. The number of hydrogen-bond donors (Lipinski definition) is 3. The van der Waals surface area contributed by atoms with Gasteiger partial charge in [0.2, 0.25) is 5.91 Å². The van der Waals surface area contributed by atoms with Crippen molar-refractivity contribution in [3.05, 3.63) is 93.2 Å². The molecule has 214 valence electrons. The van der Waals surface area contributed by atoms with Crippen LogP contribution in [-0.2, 0) is 34.1 Å². The van der Waals surface area contributed by atoms with E-state index in [2.05, 4.69) is 10.3 Å². The van der Waals surface area contributed by atoms with Crippen LogP contribution in [-0.4, -0.2) is 38.3 Å². The number of alkyl halides is 3. The number of aromatic nitrogens is 1. The van der Waals surface area contributed by atoms with Crippen molar-refractivity contribution < 1.29 is 31.2 Å². The van der Waals surface area contributed by atoms with E-state index in [1.807, 2.05) is 4.72 Å². The number of hydrogen-bond acceptors (Lipinski definition) is 6. The second-order valence-corrected chi connectivity index (χ2v) is 10.8. The van der Waals surface area contributed by atoms with E-state index in [0.717, 1.165) is 16.6 Å². The first kappa shape index (κ1) is 31.1. The molecule has 40 heavy (non-hydrogen) atoms. The van der Waals surface area contributed by atoms with Crippen molar-refractivity contribution in [2.45, 2.75) is 25.6 Å². The smallest absolute Gasteiger partial charge is 0.348 e. The Labute approximate surface area is 238 Å². The predicted octanol–water partition coefficient (Wildman–Crippen LogP) is 4.10. The standard InChI is InChI=1S/C25H24Cl2F3N5O4S/c26-20-5-1-3-17(23(20)27)4-2-12-35(40(38,39)34-22(36)13-31)19-9-7-18(8-10-19)24(37)33-15-16-6-11-21(32-14-16)25(28,29)30/h1,3,5-11,14H,2,4,12-13,15,31H2,(H,33,37)(H,34,36). The summed E-state index contributed by atoms with van der Waals surface area (Å²) in [7, 11) is -4.35. The second kappa shape index (κ2) is 13.3. The summed E-state index contributed by atoms with van der Waals surface area (Å²) < 4.78 is 66.8. The molecular formula is C25H24Cl2F3N5O4S. The maximum absolute atomic E-state index is 13.0. The van der Waals surface area contributed by atoms with E-state index in [9.17, 15) is 31.2 Å². The van der Waals surface area contributed by atoms with E-state index in [1.54, 1.807) is 18.2 Å².